The molecule has 2 aromatic carbocycles. The van der Waals surface area contributed by atoms with Crippen molar-refractivity contribution in [3.63, 3.8) is 0 Å². The zero-order valence-corrected chi connectivity index (χ0v) is 25.1. The van der Waals surface area contributed by atoms with Gasteiger partial charge in [-0.3, -0.25) is 14.5 Å². The summed E-state index contributed by atoms with van der Waals surface area (Å²) in [6.45, 7) is 5.29. The third-order valence-corrected chi connectivity index (χ3v) is 10.3. The van der Waals surface area contributed by atoms with Crippen molar-refractivity contribution in [2.24, 2.45) is 5.41 Å². The number of carbonyl (C=O) groups is 3. The molecule has 1 saturated heterocycles. The topological polar surface area (TPSA) is 114 Å². The molecule has 2 fully saturated rings. The van der Waals surface area contributed by atoms with E-state index in [2.05, 4.69) is 4.90 Å². The molecule has 3 aliphatic heterocycles. The molecule has 1 spiro atoms. The van der Waals surface area contributed by atoms with Crippen molar-refractivity contribution >= 4 is 23.6 Å². The first-order valence-corrected chi connectivity index (χ1v) is 15.5. The van der Waals surface area contributed by atoms with Crippen LogP contribution in [-0.4, -0.2) is 107 Å². The van der Waals surface area contributed by atoms with Gasteiger partial charge in [-0.15, -0.1) is 0 Å². The van der Waals surface area contributed by atoms with Gasteiger partial charge in [-0.2, -0.15) is 0 Å². The maximum Gasteiger partial charge on any atom is 0.407 e. The minimum absolute atomic E-state index is 0.00775. The highest BCUT2D eigenvalue weighted by Crippen LogP contribution is 2.50. The molecule has 0 radical (unpaired) electrons. The SMILES string of the molecule is CCN1CCN(C[C@@H](O)C2Cc3ccccc3CN2C(=O)O)C(=O)c2ccc(C(=O)N3CCC4(CC3)CC(OC)C4)cc21. The number of aliphatic hydroxyl groups is 1. The molecule has 0 bridgehead atoms. The van der Waals surface area contributed by atoms with Gasteiger partial charge in [0.25, 0.3) is 11.8 Å². The second-order valence-corrected chi connectivity index (χ2v) is 12.6. The van der Waals surface area contributed by atoms with Crippen LogP contribution < -0.4 is 4.90 Å². The summed E-state index contributed by atoms with van der Waals surface area (Å²) < 4.78 is 5.48. The van der Waals surface area contributed by atoms with Crippen molar-refractivity contribution in [1.82, 2.24) is 14.7 Å². The fraction of sp³-hybridized carbons (Fsp3) is 0.545. The highest BCUT2D eigenvalue weighted by atomic mass is 16.5. The number of amides is 3. The van der Waals surface area contributed by atoms with Crippen LogP contribution in [0.3, 0.4) is 0 Å². The molecule has 10 heteroatoms. The summed E-state index contributed by atoms with van der Waals surface area (Å²) in [6, 6.07) is 12.3. The first kappa shape index (κ1) is 29.4. The molecule has 1 aliphatic carbocycles. The van der Waals surface area contributed by atoms with Crippen LogP contribution in [0.4, 0.5) is 10.5 Å². The average Bonchev–Trinajstić information content (AvgIpc) is 3.14. The van der Waals surface area contributed by atoms with E-state index in [1.807, 2.05) is 42.2 Å². The van der Waals surface area contributed by atoms with Crippen molar-refractivity contribution in [3.8, 4) is 0 Å². The van der Waals surface area contributed by atoms with Gasteiger partial charge in [0, 0.05) is 58.5 Å². The van der Waals surface area contributed by atoms with Crippen LogP contribution in [0, 0.1) is 5.41 Å². The lowest BCUT2D eigenvalue weighted by Gasteiger charge is -2.51. The number of methoxy groups -OCH3 is 1. The maximum absolute atomic E-state index is 13.8. The predicted molar refractivity (Wildman–Crippen MR) is 161 cm³/mol. The fourth-order valence-electron chi connectivity index (χ4n) is 7.54. The summed E-state index contributed by atoms with van der Waals surface area (Å²) in [6.07, 6.45) is 2.73. The van der Waals surface area contributed by atoms with Crippen LogP contribution in [0.1, 0.15) is 64.4 Å². The van der Waals surface area contributed by atoms with Crippen LogP contribution in [0.5, 0.6) is 0 Å². The number of likely N-dealkylation sites (tertiary alicyclic amines) is 1. The van der Waals surface area contributed by atoms with E-state index < -0.39 is 18.2 Å². The van der Waals surface area contributed by atoms with Gasteiger partial charge >= 0.3 is 6.09 Å². The summed E-state index contributed by atoms with van der Waals surface area (Å²) in [5.74, 6) is -0.230. The lowest BCUT2D eigenvalue weighted by molar-refractivity contribution is -0.0841. The second-order valence-electron chi connectivity index (χ2n) is 12.6. The Hall–Kier alpha value is -3.63. The average molecular weight is 591 g/mol. The van der Waals surface area contributed by atoms with E-state index >= 15 is 0 Å². The van der Waals surface area contributed by atoms with Gasteiger partial charge < -0.3 is 29.6 Å². The Morgan fingerprint density at radius 1 is 1.02 bits per heavy atom. The molecule has 4 aliphatic rings. The molecule has 43 heavy (non-hydrogen) atoms. The number of nitrogens with zero attached hydrogens (tertiary/aromatic N) is 4. The Morgan fingerprint density at radius 2 is 1.72 bits per heavy atom. The van der Waals surface area contributed by atoms with Crippen LogP contribution in [-0.2, 0) is 17.7 Å². The van der Waals surface area contributed by atoms with Crippen LogP contribution in [0.2, 0.25) is 0 Å². The van der Waals surface area contributed by atoms with E-state index in [1.54, 1.807) is 24.1 Å². The minimum atomic E-state index is -1.09. The third kappa shape index (κ3) is 5.58. The Morgan fingerprint density at radius 3 is 2.40 bits per heavy atom. The number of aliphatic hydroxyl groups excluding tert-OH is 1. The molecule has 2 atom stereocenters. The molecule has 3 amide bonds. The zero-order chi connectivity index (χ0) is 30.3. The smallest absolute Gasteiger partial charge is 0.407 e. The number of anilines is 1. The Kier molecular flexibility index (Phi) is 8.08. The van der Waals surface area contributed by atoms with Gasteiger partial charge in [-0.1, -0.05) is 24.3 Å². The van der Waals surface area contributed by atoms with Crippen LogP contribution >= 0.6 is 0 Å². The normalized spacial score (nSPS) is 22.5. The van der Waals surface area contributed by atoms with Crippen molar-refractivity contribution in [2.45, 2.75) is 63.8 Å². The van der Waals surface area contributed by atoms with E-state index in [9.17, 15) is 24.6 Å². The molecule has 2 N–H and O–H groups in total. The van der Waals surface area contributed by atoms with E-state index in [0.717, 1.165) is 55.6 Å². The number of likely N-dealkylation sites (N-methyl/N-ethyl adjacent to an activating group) is 1. The first-order valence-electron chi connectivity index (χ1n) is 15.5. The number of hydrogen-bond donors (Lipinski definition) is 2. The van der Waals surface area contributed by atoms with Gasteiger partial charge in [0.1, 0.15) is 0 Å². The summed E-state index contributed by atoms with van der Waals surface area (Å²) in [5, 5.41) is 21.2. The van der Waals surface area contributed by atoms with Crippen molar-refractivity contribution in [2.75, 3.05) is 51.3 Å². The molecular weight excluding hydrogens is 548 g/mol. The Bertz CT molecular complexity index is 1380. The maximum atomic E-state index is 13.8. The van der Waals surface area contributed by atoms with E-state index in [4.69, 9.17) is 4.74 Å². The van der Waals surface area contributed by atoms with Gasteiger partial charge in [-0.25, -0.2) is 4.79 Å². The number of piperidine rings is 1. The number of fused-ring (bicyclic) bond motifs is 2. The molecule has 230 valence electrons. The second kappa shape index (κ2) is 11.8. The fourth-order valence-corrected chi connectivity index (χ4v) is 7.54. The van der Waals surface area contributed by atoms with Gasteiger partial charge in [-0.05, 0) is 73.8 Å². The number of carboxylic acid groups (broad SMARTS) is 1. The van der Waals surface area contributed by atoms with Crippen molar-refractivity contribution in [1.29, 1.82) is 0 Å². The van der Waals surface area contributed by atoms with E-state index in [1.165, 1.54) is 4.90 Å². The van der Waals surface area contributed by atoms with Gasteiger partial charge in [0.15, 0.2) is 0 Å². The summed E-state index contributed by atoms with van der Waals surface area (Å²) >= 11 is 0. The molecule has 1 saturated carbocycles. The summed E-state index contributed by atoms with van der Waals surface area (Å²) in [7, 11) is 1.77. The number of carbonyl (C=O) groups excluding carboxylic acids is 2. The van der Waals surface area contributed by atoms with E-state index in [-0.39, 0.29) is 24.9 Å². The number of hydrogen-bond acceptors (Lipinski definition) is 6. The summed E-state index contributed by atoms with van der Waals surface area (Å²) in [4.78, 5) is 46.4. The van der Waals surface area contributed by atoms with Gasteiger partial charge in [0.05, 0.1) is 29.5 Å². The molecule has 1 unspecified atom stereocenters. The number of β-amino-alcohol motifs (C(OH)–C–C–N with tert-alkyl or cyclic N) is 1. The standard InChI is InChI=1S/C33H42N4O6/c1-3-34-14-15-36(21-29(38)28-16-22-6-4-5-7-24(22)20-37(28)32(41)42)31(40)26-9-8-23(17-27(26)34)30(39)35-12-10-33(11-13-35)18-25(19-33)43-2/h4-9,17,25,28-29,38H,3,10-16,18-21H2,1-2H3,(H,41,42)/t28?,29-/m1/s1. The van der Waals surface area contributed by atoms with Gasteiger partial charge in [0.2, 0.25) is 0 Å². The van der Waals surface area contributed by atoms with E-state index in [0.29, 0.717) is 48.7 Å². The molecule has 6 rings (SSSR count). The summed E-state index contributed by atoms with van der Waals surface area (Å²) in [5.41, 5.74) is 4.06. The highest BCUT2D eigenvalue weighted by molar-refractivity contribution is 6.03. The molecule has 2 aromatic rings. The third-order valence-electron chi connectivity index (χ3n) is 10.3. The van der Waals surface area contributed by atoms with Crippen LogP contribution in [0.15, 0.2) is 42.5 Å². The molecule has 3 heterocycles. The highest BCUT2D eigenvalue weighted by Gasteiger charge is 2.46. The molecular formula is C33H42N4O6. The Labute approximate surface area is 252 Å². The lowest BCUT2D eigenvalue weighted by atomic mass is 9.61. The quantitative estimate of drug-likeness (QED) is 0.530. The van der Waals surface area contributed by atoms with Crippen molar-refractivity contribution < 1.29 is 29.3 Å². The number of ether oxygens (including phenoxy) is 1. The minimum Gasteiger partial charge on any atom is -0.465 e. The number of rotatable bonds is 6. The Balaban J connectivity index is 1.17. The zero-order valence-electron chi connectivity index (χ0n) is 25.1. The molecule has 10 nitrogen and oxygen atoms in total. The first-order chi connectivity index (χ1) is 20.7. The van der Waals surface area contributed by atoms with Crippen molar-refractivity contribution in [3.05, 3.63) is 64.7 Å². The number of benzene rings is 2. The monoisotopic (exact) mass is 590 g/mol. The molecule has 0 aromatic heterocycles. The largest absolute Gasteiger partial charge is 0.465 e. The van der Waals surface area contributed by atoms with Crippen LogP contribution in [0.25, 0.3) is 0 Å². The lowest BCUT2D eigenvalue weighted by Crippen LogP contribution is -2.54. The predicted octanol–water partition coefficient (Wildman–Crippen LogP) is 3.47.